The van der Waals surface area contributed by atoms with Gasteiger partial charge in [-0.1, -0.05) is 202 Å². The Hall–Kier alpha value is -10.2. The molecule has 4 heteroatoms. The first-order valence-corrected chi connectivity index (χ1v) is 27.2. The number of nitrogens with zero attached hydrogens (tertiary/aromatic N) is 4. The van der Waals surface area contributed by atoms with Gasteiger partial charge in [-0.05, 0) is 157 Å². The second kappa shape index (κ2) is 18.5. The van der Waals surface area contributed by atoms with Crippen LogP contribution in [0.2, 0.25) is 0 Å². The number of hydrogen-bond acceptors (Lipinski definition) is 3. The molecular formula is C75H52N4. The van der Waals surface area contributed by atoms with Crippen LogP contribution in [-0.2, 0) is 5.41 Å². The normalized spacial score (nSPS) is 12.5. The van der Waals surface area contributed by atoms with Gasteiger partial charge in [-0.25, -0.2) is 9.97 Å². The smallest absolute Gasteiger partial charge is 0.160 e. The van der Waals surface area contributed by atoms with Crippen molar-refractivity contribution in [3.63, 3.8) is 0 Å². The van der Waals surface area contributed by atoms with Gasteiger partial charge in [0.2, 0.25) is 0 Å². The fourth-order valence-corrected chi connectivity index (χ4v) is 12.3. The maximum absolute atomic E-state index is 5.26. The lowest BCUT2D eigenvalue weighted by molar-refractivity contribution is 0.661. The molecule has 14 aromatic rings. The highest BCUT2D eigenvalue weighted by molar-refractivity contribution is 6.13. The van der Waals surface area contributed by atoms with Crippen molar-refractivity contribution < 1.29 is 0 Å². The summed E-state index contributed by atoms with van der Waals surface area (Å²) in [6.07, 6.45) is 0. The Balaban J connectivity index is 0.901. The van der Waals surface area contributed by atoms with Gasteiger partial charge < -0.3 is 9.47 Å². The molecule has 0 N–H and O–H groups in total. The van der Waals surface area contributed by atoms with E-state index in [-0.39, 0.29) is 5.41 Å². The molecular weight excluding hydrogens is 957 g/mol. The average molecular weight is 1010 g/mol. The van der Waals surface area contributed by atoms with Crippen molar-refractivity contribution in [3.8, 4) is 73.0 Å². The Kier molecular flexibility index (Phi) is 10.8. The predicted molar refractivity (Wildman–Crippen MR) is 331 cm³/mol. The van der Waals surface area contributed by atoms with Crippen molar-refractivity contribution in [2.45, 2.75) is 19.3 Å². The SMILES string of the molecule is CC1(C)c2ccccc2-c2cc3c4cc(-c5cccc(N(c6cccc(-c7ccccc7)c6)c6ccc7cc8ccccc8cc7c6)c5)ccc4n(-c4cccc(-c5nc(-c6ccccc6)cc(-c6ccccc6)n5)c4)c3cc21. The topological polar surface area (TPSA) is 34.0 Å². The molecule has 1 aliphatic rings. The van der Waals surface area contributed by atoms with Gasteiger partial charge in [0.15, 0.2) is 5.82 Å². The van der Waals surface area contributed by atoms with Gasteiger partial charge >= 0.3 is 0 Å². The number of rotatable bonds is 9. The molecule has 0 atom stereocenters. The standard InChI is InChI=1S/C75H52N4/c1-75(2)68-34-15-14-33-64(68)65-46-67-66-45-57(36-38-72(66)79(73(67)47-69(65)75)62-32-18-29-58(43-62)74-76-70(50-21-8-4-9-22-50)48-71(77-74)51-23-10-5-11-24-51)55-28-17-31-61(42-55)78(60-30-16-27-54(41-60)49-19-6-3-7-20-49)63-37-35-56-39-52-25-12-13-26-53(52)40-59(56)44-63/h3-48H,1-2H3. The van der Waals surface area contributed by atoms with Crippen LogP contribution in [0, 0.1) is 0 Å². The zero-order valence-corrected chi connectivity index (χ0v) is 43.8. The summed E-state index contributed by atoms with van der Waals surface area (Å²) in [6.45, 7) is 4.73. The summed E-state index contributed by atoms with van der Waals surface area (Å²) in [5, 5.41) is 7.29. The zero-order chi connectivity index (χ0) is 52.6. The van der Waals surface area contributed by atoms with Crippen LogP contribution >= 0.6 is 0 Å². The van der Waals surface area contributed by atoms with E-state index in [2.05, 4.69) is 290 Å². The first kappa shape index (κ1) is 46.2. The third-order valence-corrected chi connectivity index (χ3v) is 16.3. The summed E-state index contributed by atoms with van der Waals surface area (Å²) in [7, 11) is 0. The minimum absolute atomic E-state index is 0.181. The van der Waals surface area contributed by atoms with Gasteiger partial charge in [0, 0.05) is 55.6 Å². The highest BCUT2D eigenvalue weighted by Crippen LogP contribution is 2.51. The second-order valence-corrected chi connectivity index (χ2v) is 21.4. The summed E-state index contributed by atoms with van der Waals surface area (Å²) >= 11 is 0. The molecule has 12 aromatic carbocycles. The third kappa shape index (κ3) is 7.99. The molecule has 0 amide bonds. The van der Waals surface area contributed by atoms with E-state index >= 15 is 0 Å². The van der Waals surface area contributed by atoms with E-state index in [1.54, 1.807) is 0 Å². The van der Waals surface area contributed by atoms with E-state index in [1.165, 1.54) is 65.7 Å². The van der Waals surface area contributed by atoms with Crippen LogP contribution in [-0.4, -0.2) is 14.5 Å². The van der Waals surface area contributed by atoms with E-state index in [1.807, 2.05) is 12.1 Å². The molecule has 4 nitrogen and oxygen atoms in total. The summed E-state index contributed by atoms with van der Waals surface area (Å²) in [4.78, 5) is 12.9. The van der Waals surface area contributed by atoms with Crippen molar-refractivity contribution >= 4 is 60.4 Å². The van der Waals surface area contributed by atoms with Crippen LogP contribution in [0.15, 0.2) is 279 Å². The molecule has 0 unspecified atom stereocenters. The molecule has 1 aliphatic carbocycles. The van der Waals surface area contributed by atoms with Crippen molar-refractivity contribution in [1.82, 2.24) is 14.5 Å². The molecule has 15 rings (SSSR count). The number of hydrogen-bond donors (Lipinski definition) is 0. The molecule has 0 spiro atoms. The first-order chi connectivity index (χ1) is 38.9. The third-order valence-electron chi connectivity index (χ3n) is 16.3. The van der Waals surface area contributed by atoms with Crippen LogP contribution in [0.3, 0.4) is 0 Å². The lowest BCUT2D eigenvalue weighted by atomic mass is 9.82. The van der Waals surface area contributed by atoms with E-state index in [9.17, 15) is 0 Å². The van der Waals surface area contributed by atoms with Crippen LogP contribution in [0.5, 0.6) is 0 Å². The Bertz CT molecular complexity index is 4630. The quantitative estimate of drug-likeness (QED) is 0.135. The summed E-state index contributed by atoms with van der Waals surface area (Å²) < 4.78 is 2.46. The molecule has 0 fully saturated rings. The maximum atomic E-state index is 5.26. The first-order valence-electron chi connectivity index (χ1n) is 27.2. The molecule has 372 valence electrons. The van der Waals surface area contributed by atoms with Crippen LogP contribution in [0.25, 0.3) is 116 Å². The van der Waals surface area contributed by atoms with E-state index in [0.29, 0.717) is 5.82 Å². The molecule has 0 aliphatic heterocycles. The van der Waals surface area contributed by atoms with Crippen molar-refractivity contribution in [2.75, 3.05) is 4.90 Å². The van der Waals surface area contributed by atoms with Gasteiger partial charge in [-0.15, -0.1) is 0 Å². The highest BCUT2D eigenvalue weighted by Gasteiger charge is 2.36. The van der Waals surface area contributed by atoms with E-state index in [4.69, 9.17) is 9.97 Å². The lowest BCUT2D eigenvalue weighted by Gasteiger charge is -2.27. The highest BCUT2D eigenvalue weighted by atomic mass is 15.1. The molecule has 2 aromatic heterocycles. The second-order valence-electron chi connectivity index (χ2n) is 21.4. The van der Waals surface area contributed by atoms with Gasteiger partial charge in [0.05, 0.1) is 22.4 Å². The van der Waals surface area contributed by atoms with Crippen molar-refractivity contribution in [3.05, 3.63) is 290 Å². The summed E-state index contributed by atoms with van der Waals surface area (Å²) in [5.41, 5.74) is 21.2. The maximum Gasteiger partial charge on any atom is 0.160 e. The van der Waals surface area contributed by atoms with Crippen LogP contribution < -0.4 is 4.90 Å². The number of anilines is 3. The number of benzene rings is 12. The average Bonchev–Trinajstić information content (AvgIpc) is 3.95. The molecule has 0 radical (unpaired) electrons. The Morgan fingerprint density at radius 3 is 1.54 bits per heavy atom. The van der Waals surface area contributed by atoms with Crippen molar-refractivity contribution in [1.29, 1.82) is 0 Å². The number of aromatic nitrogens is 3. The van der Waals surface area contributed by atoms with Crippen LogP contribution in [0.4, 0.5) is 17.1 Å². The van der Waals surface area contributed by atoms with Gasteiger partial charge in [0.1, 0.15) is 0 Å². The monoisotopic (exact) mass is 1010 g/mol. The minimum atomic E-state index is -0.181. The molecule has 2 heterocycles. The van der Waals surface area contributed by atoms with Gasteiger partial charge in [-0.2, -0.15) is 0 Å². The summed E-state index contributed by atoms with van der Waals surface area (Å²) in [5.74, 6) is 0.681. The molecule has 0 saturated heterocycles. The number of fused-ring (bicyclic) bond motifs is 8. The fourth-order valence-electron chi connectivity index (χ4n) is 12.3. The lowest BCUT2D eigenvalue weighted by Crippen LogP contribution is -2.14. The summed E-state index contributed by atoms with van der Waals surface area (Å²) in [6, 6.07) is 101. The predicted octanol–water partition coefficient (Wildman–Crippen LogP) is 20.0. The fraction of sp³-hybridized carbons (Fsp3) is 0.0400. The minimum Gasteiger partial charge on any atom is -0.310 e. The Morgan fingerprint density at radius 2 is 0.848 bits per heavy atom. The zero-order valence-electron chi connectivity index (χ0n) is 43.8. The van der Waals surface area contributed by atoms with E-state index < -0.39 is 0 Å². The van der Waals surface area contributed by atoms with Gasteiger partial charge in [0.25, 0.3) is 0 Å². The van der Waals surface area contributed by atoms with E-state index in [0.717, 1.165) is 73.0 Å². The van der Waals surface area contributed by atoms with Crippen LogP contribution in [0.1, 0.15) is 25.0 Å². The Labute approximate surface area is 459 Å². The largest absolute Gasteiger partial charge is 0.310 e. The molecule has 79 heavy (non-hydrogen) atoms. The molecule has 0 saturated carbocycles. The Morgan fingerprint density at radius 1 is 0.316 bits per heavy atom. The van der Waals surface area contributed by atoms with Crippen molar-refractivity contribution in [2.24, 2.45) is 0 Å². The molecule has 0 bridgehead atoms. The van der Waals surface area contributed by atoms with Gasteiger partial charge in [-0.3, -0.25) is 0 Å².